The van der Waals surface area contributed by atoms with Crippen molar-refractivity contribution in [2.24, 2.45) is 5.92 Å². The molecule has 0 aromatic carbocycles. The zero-order valence-corrected chi connectivity index (χ0v) is 13.0. The Morgan fingerprint density at radius 3 is 2.90 bits per heavy atom. The van der Waals surface area contributed by atoms with Gasteiger partial charge in [-0.15, -0.1) is 0 Å². The Morgan fingerprint density at radius 2 is 2.24 bits per heavy atom. The van der Waals surface area contributed by atoms with Gasteiger partial charge in [-0.3, -0.25) is 4.98 Å². The molecule has 0 amide bonds. The Labute approximate surface area is 129 Å². The molecule has 1 unspecified atom stereocenters. The van der Waals surface area contributed by atoms with Crippen LogP contribution in [-0.4, -0.2) is 28.2 Å². The second-order valence-electron chi connectivity index (χ2n) is 6.05. The van der Waals surface area contributed by atoms with Crippen molar-refractivity contribution in [3.8, 4) is 11.5 Å². The van der Waals surface area contributed by atoms with Gasteiger partial charge in [0.1, 0.15) is 5.69 Å². The van der Waals surface area contributed by atoms with Gasteiger partial charge in [-0.2, -0.15) is 4.98 Å². The van der Waals surface area contributed by atoms with Crippen LogP contribution in [0.25, 0.3) is 11.5 Å². The van der Waals surface area contributed by atoms with Crippen molar-refractivity contribution in [1.29, 1.82) is 0 Å². The summed E-state index contributed by atoms with van der Waals surface area (Å²) in [5.74, 6) is 1.68. The fourth-order valence-electron chi connectivity index (χ4n) is 2.74. The van der Waals surface area contributed by atoms with Gasteiger partial charge < -0.3 is 9.84 Å². The van der Waals surface area contributed by atoms with E-state index in [1.165, 1.54) is 12.8 Å². The molecular formula is C15H19ClN4O. The second kappa shape index (κ2) is 5.73. The summed E-state index contributed by atoms with van der Waals surface area (Å²) in [6.45, 7) is 6.41. The van der Waals surface area contributed by atoms with E-state index in [0.717, 1.165) is 13.1 Å². The molecule has 0 radical (unpaired) electrons. The summed E-state index contributed by atoms with van der Waals surface area (Å²) >= 11 is 5.84. The summed E-state index contributed by atoms with van der Waals surface area (Å²) in [6.07, 6.45) is 3.95. The monoisotopic (exact) mass is 306 g/mol. The lowest BCUT2D eigenvalue weighted by molar-refractivity contribution is 0.196. The molecule has 1 N–H and O–H groups in total. The van der Waals surface area contributed by atoms with Crippen LogP contribution >= 0.6 is 11.6 Å². The van der Waals surface area contributed by atoms with Gasteiger partial charge in [-0.25, -0.2) is 0 Å². The van der Waals surface area contributed by atoms with E-state index < -0.39 is 0 Å². The maximum absolute atomic E-state index is 5.84. The Hall–Kier alpha value is -1.46. The summed E-state index contributed by atoms with van der Waals surface area (Å²) < 4.78 is 5.51. The van der Waals surface area contributed by atoms with Gasteiger partial charge in [0, 0.05) is 11.6 Å². The largest absolute Gasteiger partial charge is 0.338 e. The molecule has 1 aliphatic heterocycles. The third-order valence-electron chi connectivity index (χ3n) is 4.25. The molecule has 0 spiro atoms. The third-order valence-corrected chi connectivity index (χ3v) is 4.47. The Bertz CT molecular complexity index is 602. The summed E-state index contributed by atoms with van der Waals surface area (Å²) in [5, 5.41) is 8.10. The van der Waals surface area contributed by atoms with E-state index in [2.05, 4.69) is 34.3 Å². The summed E-state index contributed by atoms with van der Waals surface area (Å²) in [5.41, 5.74) is 0.525. The first-order valence-corrected chi connectivity index (χ1v) is 7.62. The average Bonchev–Trinajstić information content (AvgIpc) is 2.99. The number of nitrogens with zero attached hydrogens (tertiary/aromatic N) is 3. The van der Waals surface area contributed by atoms with Crippen LogP contribution in [0.5, 0.6) is 0 Å². The van der Waals surface area contributed by atoms with Crippen LogP contribution in [0.3, 0.4) is 0 Å². The van der Waals surface area contributed by atoms with Gasteiger partial charge in [0.25, 0.3) is 0 Å². The quantitative estimate of drug-likeness (QED) is 0.944. The first kappa shape index (κ1) is 14.5. The fraction of sp³-hybridized carbons (Fsp3) is 0.533. The first-order valence-electron chi connectivity index (χ1n) is 7.24. The highest BCUT2D eigenvalue weighted by Gasteiger charge is 2.37. The summed E-state index contributed by atoms with van der Waals surface area (Å²) in [4.78, 5) is 8.77. The predicted octanol–water partition coefficient (Wildman–Crippen LogP) is 3.06. The van der Waals surface area contributed by atoms with E-state index in [9.17, 15) is 0 Å². The van der Waals surface area contributed by atoms with E-state index in [1.807, 2.05) is 0 Å². The number of aromatic nitrogens is 3. The Morgan fingerprint density at radius 1 is 1.38 bits per heavy atom. The van der Waals surface area contributed by atoms with Crippen molar-refractivity contribution in [3.05, 3.63) is 29.2 Å². The normalized spacial score (nSPS) is 19.7. The minimum absolute atomic E-state index is 0.148. The first-order chi connectivity index (χ1) is 10.1. The Kier molecular flexibility index (Phi) is 3.95. The standard InChI is InChI=1S/C15H19ClN4O/c1-15(2,10-4-3-7-17-8-10)14-19-13(20-21-14)12-6-5-11(16)9-18-12/h5-6,9-10,17H,3-4,7-8H2,1-2H3. The minimum atomic E-state index is -0.148. The zero-order chi connectivity index (χ0) is 14.9. The summed E-state index contributed by atoms with van der Waals surface area (Å²) in [7, 11) is 0. The molecule has 112 valence electrons. The van der Waals surface area contributed by atoms with Crippen LogP contribution in [-0.2, 0) is 5.41 Å². The molecule has 6 heteroatoms. The smallest absolute Gasteiger partial charge is 0.232 e. The molecule has 2 aromatic rings. The van der Waals surface area contributed by atoms with Crippen LogP contribution in [0.15, 0.2) is 22.9 Å². The number of hydrogen-bond donors (Lipinski definition) is 1. The molecule has 0 bridgehead atoms. The fourth-order valence-corrected chi connectivity index (χ4v) is 2.85. The average molecular weight is 307 g/mol. The molecule has 1 atom stereocenters. The number of hydrogen-bond acceptors (Lipinski definition) is 5. The maximum Gasteiger partial charge on any atom is 0.232 e. The van der Waals surface area contributed by atoms with Crippen molar-refractivity contribution in [1.82, 2.24) is 20.4 Å². The van der Waals surface area contributed by atoms with Gasteiger partial charge in [0.2, 0.25) is 11.7 Å². The molecule has 2 aromatic heterocycles. The molecule has 3 rings (SSSR count). The van der Waals surface area contributed by atoms with Crippen molar-refractivity contribution >= 4 is 11.6 Å². The van der Waals surface area contributed by atoms with Crippen molar-refractivity contribution in [2.75, 3.05) is 13.1 Å². The third kappa shape index (κ3) is 2.94. The lowest BCUT2D eigenvalue weighted by atomic mass is 9.75. The van der Waals surface area contributed by atoms with Gasteiger partial charge in [0.05, 0.1) is 5.02 Å². The predicted molar refractivity (Wildman–Crippen MR) is 81.2 cm³/mol. The molecular weight excluding hydrogens is 288 g/mol. The Balaban J connectivity index is 1.84. The van der Waals surface area contributed by atoms with Gasteiger partial charge >= 0.3 is 0 Å². The molecule has 1 aliphatic rings. The molecule has 0 saturated carbocycles. The molecule has 5 nitrogen and oxygen atoms in total. The molecule has 1 fully saturated rings. The topological polar surface area (TPSA) is 63.8 Å². The number of pyridine rings is 1. The van der Waals surface area contributed by atoms with E-state index in [0.29, 0.717) is 28.3 Å². The van der Waals surface area contributed by atoms with E-state index in [4.69, 9.17) is 16.1 Å². The molecule has 3 heterocycles. The van der Waals surface area contributed by atoms with Gasteiger partial charge in [-0.1, -0.05) is 30.6 Å². The van der Waals surface area contributed by atoms with E-state index in [1.54, 1.807) is 18.3 Å². The van der Waals surface area contributed by atoms with Gasteiger partial charge in [-0.05, 0) is 44.0 Å². The van der Waals surface area contributed by atoms with Crippen molar-refractivity contribution < 1.29 is 4.52 Å². The number of nitrogens with one attached hydrogen (secondary N) is 1. The highest BCUT2D eigenvalue weighted by Crippen LogP contribution is 2.35. The van der Waals surface area contributed by atoms with Crippen LogP contribution < -0.4 is 5.32 Å². The lowest BCUT2D eigenvalue weighted by Crippen LogP contribution is -2.40. The SMILES string of the molecule is CC(C)(c1nc(-c2ccc(Cl)cn2)no1)C1CCCNC1. The number of halogens is 1. The highest BCUT2D eigenvalue weighted by atomic mass is 35.5. The minimum Gasteiger partial charge on any atom is -0.338 e. The molecule has 21 heavy (non-hydrogen) atoms. The van der Waals surface area contributed by atoms with E-state index in [-0.39, 0.29) is 5.41 Å². The van der Waals surface area contributed by atoms with Crippen LogP contribution in [0.1, 0.15) is 32.6 Å². The number of rotatable bonds is 3. The highest BCUT2D eigenvalue weighted by molar-refractivity contribution is 6.30. The maximum atomic E-state index is 5.84. The van der Waals surface area contributed by atoms with Gasteiger partial charge in [0.15, 0.2) is 0 Å². The molecule has 1 saturated heterocycles. The van der Waals surface area contributed by atoms with E-state index >= 15 is 0 Å². The van der Waals surface area contributed by atoms with Crippen molar-refractivity contribution in [3.63, 3.8) is 0 Å². The van der Waals surface area contributed by atoms with Crippen molar-refractivity contribution in [2.45, 2.75) is 32.1 Å². The molecule has 0 aliphatic carbocycles. The van der Waals surface area contributed by atoms with Crippen LogP contribution in [0.2, 0.25) is 5.02 Å². The number of piperidine rings is 1. The second-order valence-corrected chi connectivity index (χ2v) is 6.49. The summed E-state index contributed by atoms with van der Waals surface area (Å²) in [6, 6.07) is 3.57. The zero-order valence-electron chi connectivity index (χ0n) is 12.3. The van der Waals surface area contributed by atoms with Crippen LogP contribution in [0.4, 0.5) is 0 Å². The lowest BCUT2D eigenvalue weighted by Gasteiger charge is -2.34. The van der Waals surface area contributed by atoms with Crippen LogP contribution in [0, 0.1) is 5.92 Å².